The Morgan fingerprint density at radius 1 is 1.15 bits per heavy atom. The number of thiophene rings is 1. The van der Waals surface area contributed by atoms with Crippen LogP contribution in [-0.2, 0) is 0 Å². The number of nitro benzene ring substituents is 1. The summed E-state index contributed by atoms with van der Waals surface area (Å²) in [6.45, 7) is 0. The lowest BCUT2D eigenvalue weighted by Gasteiger charge is -1.97. The van der Waals surface area contributed by atoms with E-state index in [1.807, 2.05) is 0 Å². The fourth-order valence-corrected chi connectivity index (χ4v) is 3.12. The van der Waals surface area contributed by atoms with Gasteiger partial charge in [-0.2, -0.15) is 5.10 Å². The number of benzene rings is 2. The molecule has 2 N–H and O–H groups in total. The number of aromatic carboxylic acids is 1. The van der Waals surface area contributed by atoms with Crippen LogP contribution in [0.1, 0.15) is 25.6 Å². The minimum absolute atomic E-state index is 0.0370. The Morgan fingerprint density at radius 2 is 1.88 bits per heavy atom. The number of fused-ring (bicyclic) bond motifs is 1. The Kier molecular flexibility index (Phi) is 4.72. The van der Waals surface area contributed by atoms with Gasteiger partial charge in [0.2, 0.25) is 0 Å². The number of carbonyl (C=O) groups is 2. The molecule has 0 aliphatic heterocycles. The molecule has 0 bridgehead atoms. The van der Waals surface area contributed by atoms with Crippen LogP contribution < -0.4 is 5.43 Å². The van der Waals surface area contributed by atoms with Crippen LogP contribution in [0.15, 0.2) is 53.6 Å². The molecule has 2 aromatic carbocycles. The molecule has 1 aromatic heterocycles. The second-order valence-corrected chi connectivity index (χ2v) is 6.30. The third-order valence-electron chi connectivity index (χ3n) is 3.47. The van der Waals surface area contributed by atoms with Crippen LogP contribution in [0.25, 0.3) is 10.1 Å². The quantitative estimate of drug-likeness (QED) is 0.406. The molecule has 0 atom stereocenters. The van der Waals surface area contributed by atoms with Gasteiger partial charge in [-0.15, -0.1) is 11.3 Å². The number of nitrogens with zero attached hydrogens (tertiary/aromatic N) is 2. The number of hydrogen-bond acceptors (Lipinski definition) is 6. The highest BCUT2D eigenvalue weighted by molar-refractivity contribution is 7.20. The molecule has 0 radical (unpaired) electrons. The van der Waals surface area contributed by atoms with Gasteiger partial charge in [0.1, 0.15) is 0 Å². The molecule has 8 nitrogen and oxygen atoms in total. The van der Waals surface area contributed by atoms with E-state index < -0.39 is 16.8 Å². The number of rotatable bonds is 5. The van der Waals surface area contributed by atoms with Crippen LogP contribution in [0, 0.1) is 10.1 Å². The molecule has 3 rings (SSSR count). The molecule has 0 aliphatic carbocycles. The fraction of sp³-hybridized carbons (Fsp3) is 0. The van der Waals surface area contributed by atoms with E-state index in [9.17, 15) is 19.7 Å². The molecule has 1 amide bonds. The van der Waals surface area contributed by atoms with Crippen molar-refractivity contribution in [3.8, 4) is 0 Å². The first-order valence-electron chi connectivity index (χ1n) is 7.29. The summed E-state index contributed by atoms with van der Waals surface area (Å²) in [5.41, 5.74) is 3.12. The van der Waals surface area contributed by atoms with Crippen molar-refractivity contribution in [2.24, 2.45) is 5.10 Å². The van der Waals surface area contributed by atoms with Crippen molar-refractivity contribution in [2.75, 3.05) is 0 Å². The zero-order chi connectivity index (χ0) is 18.7. The lowest BCUT2D eigenvalue weighted by atomic mass is 10.1. The van der Waals surface area contributed by atoms with Crippen molar-refractivity contribution >= 4 is 45.2 Å². The summed E-state index contributed by atoms with van der Waals surface area (Å²) in [6.07, 6.45) is 1.39. The van der Waals surface area contributed by atoms with Crippen LogP contribution in [0.3, 0.4) is 0 Å². The van der Waals surface area contributed by atoms with Crippen molar-refractivity contribution < 1.29 is 19.6 Å². The molecule has 26 heavy (non-hydrogen) atoms. The van der Waals surface area contributed by atoms with Crippen molar-refractivity contribution in [2.45, 2.75) is 0 Å². The highest BCUT2D eigenvalue weighted by Gasteiger charge is 2.12. The van der Waals surface area contributed by atoms with Gasteiger partial charge in [0.25, 0.3) is 11.6 Å². The average Bonchev–Trinajstić information content (AvgIpc) is 3.05. The van der Waals surface area contributed by atoms with E-state index in [4.69, 9.17) is 5.11 Å². The Balaban J connectivity index is 1.70. The monoisotopic (exact) mass is 369 g/mol. The van der Waals surface area contributed by atoms with Gasteiger partial charge in [-0.3, -0.25) is 14.9 Å². The SMILES string of the molecule is O=C(O)c1ccc(C=NNC(=O)c2cc3cc([N+](=O)[O-])ccc3s2)cc1. The van der Waals surface area contributed by atoms with E-state index in [1.165, 1.54) is 41.8 Å². The van der Waals surface area contributed by atoms with Gasteiger partial charge in [-0.05, 0) is 29.8 Å². The Bertz CT molecular complexity index is 1040. The number of carboxylic acid groups (broad SMARTS) is 1. The Labute approximate surface area is 150 Å². The van der Waals surface area contributed by atoms with Gasteiger partial charge >= 0.3 is 5.97 Å². The first-order valence-corrected chi connectivity index (χ1v) is 8.10. The molecular formula is C17H11N3O5S. The maximum Gasteiger partial charge on any atom is 0.335 e. The van der Waals surface area contributed by atoms with Crippen LogP contribution in [0.5, 0.6) is 0 Å². The van der Waals surface area contributed by atoms with Crippen LogP contribution >= 0.6 is 11.3 Å². The van der Waals surface area contributed by atoms with Gasteiger partial charge in [0, 0.05) is 22.2 Å². The third kappa shape index (κ3) is 3.73. The summed E-state index contributed by atoms with van der Waals surface area (Å²) in [6, 6.07) is 12.0. The molecule has 0 saturated carbocycles. The summed E-state index contributed by atoms with van der Waals surface area (Å²) < 4.78 is 0.758. The third-order valence-corrected chi connectivity index (χ3v) is 4.59. The van der Waals surface area contributed by atoms with Gasteiger partial charge in [-0.1, -0.05) is 12.1 Å². The standard InChI is InChI=1S/C17H11N3O5S/c21-16(19-18-9-10-1-3-11(4-2-10)17(22)23)15-8-12-7-13(20(24)25)5-6-14(12)26-15/h1-9H,(H,19,21)(H,22,23). The summed E-state index contributed by atoms with van der Waals surface area (Å²) in [5, 5.41) is 24.1. The summed E-state index contributed by atoms with van der Waals surface area (Å²) in [7, 11) is 0. The Morgan fingerprint density at radius 3 is 2.54 bits per heavy atom. The van der Waals surface area contributed by atoms with Crippen molar-refractivity contribution in [3.63, 3.8) is 0 Å². The first-order chi connectivity index (χ1) is 12.4. The van der Waals surface area contributed by atoms with E-state index in [0.717, 1.165) is 4.70 Å². The van der Waals surface area contributed by atoms with E-state index in [-0.39, 0.29) is 11.3 Å². The number of amides is 1. The minimum atomic E-state index is -1.02. The van der Waals surface area contributed by atoms with Gasteiger partial charge < -0.3 is 5.11 Å². The zero-order valence-corrected chi connectivity index (χ0v) is 13.9. The maximum atomic E-state index is 12.1. The highest BCUT2D eigenvalue weighted by atomic mass is 32.1. The topological polar surface area (TPSA) is 122 Å². The second kappa shape index (κ2) is 7.11. The van der Waals surface area contributed by atoms with E-state index >= 15 is 0 Å². The maximum absolute atomic E-state index is 12.1. The molecule has 0 fully saturated rings. The summed E-state index contributed by atoms with van der Waals surface area (Å²) in [5.74, 6) is -1.46. The molecule has 0 saturated heterocycles. The number of nitrogens with one attached hydrogen (secondary N) is 1. The number of carbonyl (C=O) groups excluding carboxylic acids is 1. The normalized spacial score (nSPS) is 10.9. The molecule has 0 aliphatic rings. The smallest absolute Gasteiger partial charge is 0.335 e. The molecule has 0 spiro atoms. The molecule has 1 heterocycles. The van der Waals surface area contributed by atoms with E-state index in [2.05, 4.69) is 10.5 Å². The average molecular weight is 369 g/mol. The lowest BCUT2D eigenvalue weighted by molar-refractivity contribution is -0.384. The number of non-ortho nitro benzene ring substituents is 1. The van der Waals surface area contributed by atoms with Crippen LogP contribution in [-0.4, -0.2) is 28.1 Å². The zero-order valence-electron chi connectivity index (χ0n) is 13.1. The molecular weight excluding hydrogens is 358 g/mol. The number of nitro groups is 1. The van der Waals surface area contributed by atoms with Crippen molar-refractivity contribution in [1.82, 2.24) is 5.43 Å². The molecule has 3 aromatic rings. The summed E-state index contributed by atoms with van der Waals surface area (Å²) in [4.78, 5) is 33.6. The first kappa shape index (κ1) is 17.2. The van der Waals surface area contributed by atoms with Crippen LogP contribution in [0.2, 0.25) is 0 Å². The summed E-state index contributed by atoms with van der Waals surface area (Å²) >= 11 is 1.20. The second-order valence-electron chi connectivity index (χ2n) is 5.22. The number of hydrogen-bond donors (Lipinski definition) is 2. The lowest BCUT2D eigenvalue weighted by Crippen LogP contribution is -2.16. The largest absolute Gasteiger partial charge is 0.478 e. The highest BCUT2D eigenvalue weighted by Crippen LogP contribution is 2.28. The number of carboxylic acids is 1. The predicted molar refractivity (Wildman–Crippen MR) is 96.9 cm³/mol. The predicted octanol–water partition coefficient (Wildman–Crippen LogP) is 3.27. The fourth-order valence-electron chi connectivity index (χ4n) is 2.19. The Hall–Kier alpha value is -3.59. The van der Waals surface area contributed by atoms with Crippen LogP contribution in [0.4, 0.5) is 5.69 Å². The molecule has 130 valence electrons. The molecule has 0 unspecified atom stereocenters. The van der Waals surface area contributed by atoms with Gasteiger partial charge in [0.05, 0.1) is 21.6 Å². The minimum Gasteiger partial charge on any atom is -0.478 e. The van der Waals surface area contributed by atoms with E-state index in [0.29, 0.717) is 15.8 Å². The van der Waals surface area contributed by atoms with E-state index in [1.54, 1.807) is 24.3 Å². The van der Waals surface area contributed by atoms with Gasteiger partial charge in [0.15, 0.2) is 0 Å². The van der Waals surface area contributed by atoms with Crippen molar-refractivity contribution in [1.29, 1.82) is 0 Å². The van der Waals surface area contributed by atoms with Gasteiger partial charge in [-0.25, -0.2) is 10.2 Å². The van der Waals surface area contributed by atoms with Crippen molar-refractivity contribution in [3.05, 3.63) is 74.6 Å². The number of hydrazone groups is 1. The molecule has 9 heteroatoms.